The normalized spacial score (nSPS) is 12.6. The van der Waals surface area contributed by atoms with E-state index >= 15 is 0 Å². The second kappa shape index (κ2) is 7.24. The Bertz CT molecular complexity index is 669. The zero-order chi connectivity index (χ0) is 16.1. The van der Waals surface area contributed by atoms with Crippen molar-refractivity contribution in [2.45, 2.75) is 18.2 Å². The first kappa shape index (κ1) is 17.9. The highest BCUT2D eigenvalue weighted by molar-refractivity contribution is 7.90. The van der Waals surface area contributed by atoms with Gasteiger partial charge in [0.15, 0.2) is 9.84 Å². The van der Waals surface area contributed by atoms with E-state index in [0.29, 0.717) is 31.7 Å². The van der Waals surface area contributed by atoms with Crippen LogP contribution in [0.1, 0.15) is 13.3 Å². The molecule has 0 fully saturated rings. The molecule has 1 rings (SSSR count). The van der Waals surface area contributed by atoms with E-state index in [1.807, 2.05) is 0 Å². The molecule has 8 heteroatoms. The van der Waals surface area contributed by atoms with Gasteiger partial charge in [-0.2, -0.15) is 0 Å². The summed E-state index contributed by atoms with van der Waals surface area (Å²) < 4.78 is 47.6. The summed E-state index contributed by atoms with van der Waals surface area (Å²) in [5, 5.41) is 3.05. The number of anilines is 1. The van der Waals surface area contributed by atoms with E-state index in [1.165, 1.54) is 10.6 Å². The Morgan fingerprint density at radius 2 is 1.71 bits per heavy atom. The maximum atomic E-state index is 11.6. The molecule has 0 spiro atoms. The van der Waals surface area contributed by atoms with Crippen LogP contribution in [0, 0.1) is 0 Å². The molecule has 120 valence electrons. The third-order valence-electron chi connectivity index (χ3n) is 3.01. The van der Waals surface area contributed by atoms with Gasteiger partial charge < -0.3 is 5.32 Å². The molecule has 21 heavy (non-hydrogen) atoms. The highest BCUT2D eigenvalue weighted by atomic mass is 32.2. The van der Waals surface area contributed by atoms with Gasteiger partial charge in [0, 0.05) is 25.9 Å². The van der Waals surface area contributed by atoms with Crippen LogP contribution in [0.2, 0.25) is 0 Å². The maximum absolute atomic E-state index is 11.6. The molecule has 0 saturated heterocycles. The predicted octanol–water partition coefficient (Wildman–Crippen LogP) is 1.17. The molecule has 0 aliphatic rings. The molecule has 1 N–H and O–H groups in total. The van der Waals surface area contributed by atoms with Crippen LogP contribution in [-0.2, 0) is 19.9 Å². The van der Waals surface area contributed by atoms with Crippen molar-refractivity contribution in [3.05, 3.63) is 24.3 Å². The van der Waals surface area contributed by atoms with Gasteiger partial charge in [-0.1, -0.05) is 19.1 Å². The van der Waals surface area contributed by atoms with E-state index in [0.717, 1.165) is 6.26 Å². The van der Waals surface area contributed by atoms with Gasteiger partial charge in [-0.15, -0.1) is 0 Å². The first-order valence-corrected chi connectivity index (χ1v) is 10.4. The van der Waals surface area contributed by atoms with E-state index < -0.39 is 19.9 Å². The quantitative estimate of drug-likeness (QED) is 0.722. The molecule has 0 unspecified atom stereocenters. The van der Waals surface area contributed by atoms with Crippen molar-refractivity contribution in [1.82, 2.24) is 4.31 Å². The standard InChI is InChI=1S/C13H22N2O4S2/c1-4-15(21(3,18)19)11-7-10-14-12-8-5-6-9-13(12)20(2,16)17/h5-6,8-9,14H,4,7,10-11H2,1-3H3. The van der Waals surface area contributed by atoms with Crippen molar-refractivity contribution in [3.63, 3.8) is 0 Å². The SMILES string of the molecule is CCN(CCCNc1ccccc1S(C)(=O)=O)S(C)(=O)=O. The number of nitrogens with one attached hydrogen (secondary N) is 1. The average Bonchev–Trinajstić information content (AvgIpc) is 2.36. The summed E-state index contributed by atoms with van der Waals surface area (Å²) in [7, 11) is -6.47. The van der Waals surface area contributed by atoms with E-state index in [9.17, 15) is 16.8 Å². The lowest BCUT2D eigenvalue weighted by molar-refractivity contribution is 0.428. The fraction of sp³-hybridized carbons (Fsp3) is 0.538. The van der Waals surface area contributed by atoms with Crippen molar-refractivity contribution < 1.29 is 16.8 Å². The number of hydrogen-bond acceptors (Lipinski definition) is 5. The van der Waals surface area contributed by atoms with Gasteiger partial charge >= 0.3 is 0 Å². The molecule has 0 aliphatic heterocycles. The van der Waals surface area contributed by atoms with E-state index in [4.69, 9.17) is 0 Å². The van der Waals surface area contributed by atoms with Gasteiger partial charge in [0.05, 0.1) is 16.8 Å². The van der Waals surface area contributed by atoms with Crippen molar-refractivity contribution >= 4 is 25.5 Å². The number of benzene rings is 1. The molecular weight excluding hydrogens is 312 g/mol. The third kappa shape index (κ3) is 5.64. The molecule has 1 aromatic rings. The van der Waals surface area contributed by atoms with E-state index in [-0.39, 0.29) is 4.90 Å². The molecule has 6 nitrogen and oxygen atoms in total. The van der Waals surface area contributed by atoms with E-state index in [1.54, 1.807) is 31.2 Å². The summed E-state index contributed by atoms with van der Waals surface area (Å²) in [6.07, 6.45) is 2.94. The molecule has 0 saturated carbocycles. The Morgan fingerprint density at radius 1 is 1.10 bits per heavy atom. The minimum absolute atomic E-state index is 0.250. The van der Waals surface area contributed by atoms with Crippen LogP contribution in [-0.4, -0.2) is 53.3 Å². The van der Waals surface area contributed by atoms with Crippen LogP contribution in [0.3, 0.4) is 0 Å². The summed E-state index contributed by atoms with van der Waals surface area (Å²) in [5.74, 6) is 0. The molecule has 0 atom stereocenters. The Morgan fingerprint density at radius 3 is 2.24 bits per heavy atom. The predicted molar refractivity (Wildman–Crippen MR) is 84.7 cm³/mol. The number of sulfonamides is 1. The maximum Gasteiger partial charge on any atom is 0.211 e. The smallest absolute Gasteiger partial charge is 0.211 e. The van der Waals surface area contributed by atoms with Crippen molar-refractivity contribution in [1.29, 1.82) is 0 Å². The molecule has 0 aromatic heterocycles. The molecular formula is C13H22N2O4S2. The Kier molecular flexibility index (Phi) is 6.18. The monoisotopic (exact) mass is 334 g/mol. The molecule has 0 heterocycles. The van der Waals surface area contributed by atoms with Gasteiger partial charge in [0.2, 0.25) is 10.0 Å². The molecule has 0 aliphatic carbocycles. The summed E-state index contributed by atoms with van der Waals surface area (Å²) in [4.78, 5) is 0.250. The summed E-state index contributed by atoms with van der Waals surface area (Å²) in [6, 6.07) is 6.67. The summed E-state index contributed by atoms with van der Waals surface area (Å²) in [6.45, 7) is 3.12. The Labute approximate surface area is 127 Å². The van der Waals surface area contributed by atoms with Gasteiger partial charge in [-0.3, -0.25) is 0 Å². The zero-order valence-electron chi connectivity index (χ0n) is 12.5. The molecule has 0 radical (unpaired) electrons. The van der Waals surface area contributed by atoms with Crippen molar-refractivity contribution in [2.75, 3.05) is 37.5 Å². The molecule has 0 bridgehead atoms. The van der Waals surface area contributed by atoms with Crippen LogP contribution in [0.25, 0.3) is 0 Å². The number of hydrogen-bond donors (Lipinski definition) is 1. The summed E-state index contributed by atoms with van der Waals surface area (Å²) in [5.41, 5.74) is 0.544. The molecule has 0 amide bonds. The van der Waals surface area contributed by atoms with Crippen molar-refractivity contribution in [3.8, 4) is 0 Å². The highest BCUT2D eigenvalue weighted by Crippen LogP contribution is 2.20. The topological polar surface area (TPSA) is 83.6 Å². The zero-order valence-corrected chi connectivity index (χ0v) is 14.2. The van der Waals surface area contributed by atoms with Gasteiger partial charge in [-0.05, 0) is 18.6 Å². The lowest BCUT2D eigenvalue weighted by Gasteiger charge is -2.18. The lowest BCUT2D eigenvalue weighted by Crippen LogP contribution is -2.31. The minimum Gasteiger partial charge on any atom is -0.384 e. The highest BCUT2D eigenvalue weighted by Gasteiger charge is 2.14. The van der Waals surface area contributed by atoms with E-state index in [2.05, 4.69) is 5.32 Å². The first-order chi connectivity index (χ1) is 9.66. The van der Waals surface area contributed by atoms with Crippen LogP contribution in [0.15, 0.2) is 29.2 Å². The van der Waals surface area contributed by atoms with Crippen LogP contribution < -0.4 is 5.32 Å². The fourth-order valence-electron chi connectivity index (χ4n) is 1.97. The van der Waals surface area contributed by atoms with Gasteiger partial charge in [-0.25, -0.2) is 21.1 Å². The number of para-hydroxylation sites is 1. The Hall–Kier alpha value is -1.12. The van der Waals surface area contributed by atoms with Crippen LogP contribution in [0.4, 0.5) is 5.69 Å². The lowest BCUT2D eigenvalue weighted by atomic mass is 10.3. The minimum atomic E-state index is -3.28. The van der Waals surface area contributed by atoms with Crippen molar-refractivity contribution in [2.24, 2.45) is 0 Å². The van der Waals surface area contributed by atoms with Crippen LogP contribution >= 0.6 is 0 Å². The fourth-order valence-corrected chi connectivity index (χ4v) is 3.77. The number of rotatable bonds is 8. The number of sulfone groups is 1. The first-order valence-electron chi connectivity index (χ1n) is 6.64. The van der Waals surface area contributed by atoms with Gasteiger partial charge in [0.25, 0.3) is 0 Å². The third-order valence-corrected chi connectivity index (χ3v) is 5.54. The van der Waals surface area contributed by atoms with Gasteiger partial charge in [0.1, 0.15) is 0 Å². The molecule has 1 aromatic carbocycles. The van der Waals surface area contributed by atoms with Crippen LogP contribution in [0.5, 0.6) is 0 Å². The second-order valence-electron chi connectivity index (χ2n) is 4.80. The number of nitrogens with zero attached hydrogens (tertiary/aromatic N) is 1. The summed E-state index contributed by atoms with van der Waals surface area (Å²) >= 11 is 0. The largest absolute Gasteiger partial charge is 0.384 e. The average molecular weight is 334 g/mol. The Balaban J connectivity index is 2.62. The second-order valence-corrected chi connectivity index (χ2v) is 8.77.